The molecule has 1 unspecified atom stereocenters. The third kappa shape index (κ3) is 7.58. The number of hydrogen-bond acceptors (Lipinski definition) is 9. The zero-order valence-electron chi connectivity index (χ0n) is 25.6. The summed E-state index contributed by atoms with van der Waals surface area (Å²) in [5, 5.41) is 11.5. The molecule has 232 valence electrons. The Balaban J connectivity index is 1.51. The van der Waals surface area contributed by atoms with Crippen LogP contribution in [0.5, 0.6) is 0 Å². The average Bonchev–Trinajstić information content (AvgIpc) is 3.71. The topological polar surface area (TPSA) is 136 Å². The van der Waals surface area contributed by atoms with E-state index in [0.29, 0.717) is 17.5 Å². The molecule has 1 N–H and O–H groups in total. The molecule has 0 aliphatic rings. The van der Waals surface area contributed by atoms with Crippen molar-refractivity contribution < 1.29 is 27.6 Å². The lowest BCUT2D eigenvalue weighted by Crippen LogP contribution is -2.47. The number of carbonyl (C=O) groups excluding carboxylic acids is 2. The Morgan fingerprint density at radius 3 is 2.33 bits per heavy atom. The van der Waals surface area contributed by atoms with Crippen molar-refractivity contribution >= 4 is 12.0 Å². The Morgan fingerprint density at radius 2 is 1.67 bits per heavy atom. The molecule has 0 bridgehead atoms. The molecule has 5 aromatic rings. The van der Waals surface area contributed by atoms with E-state index in [1.54, 1.807) is 52.9 Å². The summed E-state index contributed by atoms with van der Waals surface area (Å²) in [5.74, 6) is -0.427. The van der Waals surface area contributed by atoms with Crippen LogP contribution in [0.3, 0.4) is 0 Å². The first-order valence-corrected chi connectivity index (χ1v) is 14.2. The van der Waals surface area contributed by atoms with Gasteiger partial charge in [-0.05, 0) is 63.6 Å². The second kappa shape index (κ2) is 12.7. The third-order valence-corrected chi connectivity index (χ3v) is 6.75. The molecular formula is C33H33FN6O5. The molecule has 0 spiro atoms. The zero-order chi connectivity index (χ0) is 32.2. The first-order valence-electron chi connectivity index (χ1n) is 14.2. The van der Waals surface area contributed by atoms with Gasteiger partial charge < -0.3 is 23.8 Å². The molecule has 2 aromatic carbocycles. The molecule has 0 saturated carbocycles. The Bertz CT molecular complexity index is 1780. The normalized spacial score (nSPS) is 12.8. The van der Waals surface area contributed by atoms with E-state index < -0.39 is 29.0 Å². The molecule has 0 radical (unpaired) electrons. The van der Waals surface area contributed by atoms with Gasteiger partial charge in [-0.25, -0.2) is 14.2 Å². The molecule has 5 rings (SSSR count). The maximum Gasteiger partial charge on any atom is 0.408 e. The van der Waals surface area contributed by atoms with Gasteiger partial charge in [-0.1, -0.05) is 30.3 Å². The Labute approximate surface area is 259 Å². The molecule has 0 aliphatic heterocycles. The number of benzene rings is 2. The van der Waals surface area contributed by atoms with E-state index in [2.05, 4.69) is 25.5 Å². The highest BCUT2D eigenvalue weighted by Crippen LogP contribution is 2.31. The van der Waals surface area contributed by atoms with Gasteiger partial charge >= 0.3 is 6.09 Å². The summed E-state index contributed by atoms with van der Waals surface area (Å²) in [4.78, 5) is 36.1. The van der Waals surface area contributed by atoms with Gasteiger partial charge in [-0.15, -0.1) is 10.2 Å². The zero-order valence-corrected chi connectivity index (χ0v) is 25.6. The number of nitrogens with zero attached hydrogens (tertiary/aromatic N) is 5. The first-order chi connectivity index (χ1) is 21.4. The highest BCUT2D eigenvalue weighted by molar-refractivity contribution is 5.96. The van der Waals surface area contributed by atoms with E-state index in [0.717, 1.165) is 5.56 Å². The van der Waals surface area contributed by atoms with Gasteiger partial charge in [-0.3, -0.25) is 9.78 Å². The summed E-state index contributed by atoms with van der Waals surface area (Å²) in [5.41, 5.74) is 0.313. The van der Waals surface area contributed by atoms with Crippen molar-refractivity contribution in [3.05, 3.63) is 108 Å². The lowest BCUT2D eigenvalue weighted by Gasteiger charge is -2.29. The van der Waals surface area contributed by atoms with Crippen LogP contribution in [0, 0.1) is 5.82 Å². The molecule has 1 atom stereocenters. The Hall–Kier alpha value is -5.39. The number of aromatic nitrogens is 4. The number of alkyl carbamates (subject to hydrolysis) is 1. The van der Waals surface area contributed by atoms with E-state index in [1.807, 2.05) is 30.3 Å². The summed E-state index contributed by atoms with van der Waals surface area (Å²) < 4.78 is 31.5. The fraction of sp³-hybridized carbons (Fsp3) is 0.273. The number of pyridine rings is 1. The second-order valence-corrected chi connectivity index (χ2v) is 11.8. The van der Waals surface area contributed by atoms with Crippen molar-refractivity contribution in [3.63, 3.8) is 0 Å². The number of carbonyl (C=O) groups is 2. The number of oxazole rings is 1. The summed E-state index contributed by atoms with van der Waals surface area (Å²) >= 11 is 0. The SMILES string of the molecule is CN(Cc1ncccc1F)C(=O)c1cc(-c2ncco2)cc(-c2nnc(C(C)(Cc3ccccc3)NC(=O)OC(C)(C)C)o2)c1. The van der Waals surface area contributed by atoms with Crippen LogP contribution in [0.2, 0.25) is 0 Å². The van der Waals surface area contributed by atoms with Crippen molar-refractivity contribution in [1.82, 2.24) is 30.4 Å². The highest BCUT2D eigenvalue weighted by atomic mass is 19.1. The van der Waals surface area contributed by atoms with E-state index in [1.165, 1.54) is 35.7 Å². The van der Waals surface area contributed by atoms with Crippen LogP contribution in [0.15, 0.2) is 88.2 Å². The lowest BCUT2D eigenvalue weighted by molar-refractivity contribution is 0.0443. The highest BCUT2D eigenvalue weighted by Gasteiger charge is 2.37. The monoisotopic (exact) mass is 612 g/mol. The molecule has 0 aliphatic carbocycles. The fourth-order valence-electron chi connectivity index (χ4n) is 4.68. The van der Waals surface area contributed by atoms with Gasteiger partial charge in [0.1, 0.15) is 23.2 Å². The minimum atomic E-state index is -1.15. The second-order valence-electron chi connectivity index (χ2n) is 11.8. The molecule has 3 heterocycles. The molecule has 2 amide bonds. The van der Waals surface area contributed by atoms with Gasteiger partial charge in [0.05, 0.1) is 18.4 Å². The van der Waals surface area contributed by atoms with Crippen molar-refractivity contribution in [2.24, 2.45) is 0 Å². The maximum atomic E-state index is 14.3. The number of nitrogens with one attached hydrogen (secondary N) is 1. The Kier molecular flexibility index (Phi) is 8.75. The number of amides is 2. The predicted octanol–water partition coefficient (Wildman–Crippen LogP) is 6.18. The molecule has 12 heteroatoms. The summed E-state index contributed by atoms with van der Waals surface area (Å²) in [6, 6.07) is 17.2. The molecule has 11 nitrogen and oxygen atoms in total. The first kappa shape index (κ1) is 31.0. The van der Waals surface area contributed by atoms with Crippen LogP contribution in [0.1, 0.15) is 55.2 Å². The fourth-order valence-corrected chi connectivity index (χ4v) is 4.68. The van der Waals surface area contributed by atoms with Gasteiger partial charge in [0.25, 0.3) is 5.91 Å². The van der Waals surface area contributed by atoms with E-state index in [9.17, 15) is 14.0 Å². The number of hydrogen-bond donors (Lipinski definition) is 1. The molecule has 0 saturated heterocycles. The van der Waals surface area contributed by atoms with Crippen LogP contribution < -0.4 is 5.32 Å². The van der Waals surface area contributed by atoms with Gasteiger partial charge in [0.2, 0.25) is 17.7 Å². The van der Waals surface area contributed by atoms with Crippen LogP contribution in [-0.4, -0.2) is 49.7 Å². The average molecular weight is 613 g/mol. The van der Waals surface area contributed by atoms with Crippen molar-refractivity contribution in [2.45, 2.75) is 51.8 Å². The summed E-state index contributed by atoms with van der Waals surface area (Å²) in [6.45, 7) is 7.04. The van der Waals surface area contributed by atoms with E-state index in [-0.39, 0.29) is 35.5 Å². The minimum absolute atomic E-state index is 0.0526. The molecular weight excluding hydrogens is 579 g/mol. The van der Waals surface area contributed by atoms with Crippen LogP contribution in [0.25, 0.3) is 22.9 Å². The predicted molar refractivity (Wildman–Crippen MR) is 162 cm³/mol. The number of halogens is 1. The van der Waals surface area contributed by atoms with E-state index >= 15 is 0 Å². The molecule has 45 heavy (non-hydrogen) atoms. The van der Waals surface area contributed by atoms with Crippen LogP contribution in [0.4, 0.5) is 9.18 Å². The van der Waals surface area contributed by atoms with Crippen molar-refractivity contribution in [1.29, 1.82) is 0 Å². The smallest absolute Gasteiger partial charge is 0.408 e. The summed E-state index contributed by atoms with van der Waals surface area (Å²) in [6.07, 6.45) is 4.05. The van der Waals surface area contributed by atoms with Gasteiger partial charge in [0, 0.05) is 36.4 Å². The van der Waals surface area contributed by atoms with Crippen molar-refractivity contribution in [2.75, 3.05) is 7.05 Å². The van der Waals surface area contributed by atoms with Crippen LogP contribution in [-0.2, 0) is 23.2 Å². The quantitative estimate of drug-likeness (QED) is 0.207. The van der Waals surface area contributed by atoms with Gasteiger partial charge in [-0.2, -0.15) is 0 Å². The molecule has 3 aromatic heterocycles. The van der Waals surface area contributed by atoms with E-state index in [4.69, 9.17) is 13.6 Å². The molecule has 0 fully saturated rings. The van der Waals surface area contributed by atoms with Crippen LogP contribution >= 0.6 is 0 Å². The number of rotatable bonds is 9. The maximum absolute atomic E-state index is 14.3. The van der Waals surface area contributed by atoms with Crippen molar-refractivity contribution in [3.8, 4) is 22.9 Å². The van der Waals surface area contributed by atoms with Gasteiger partial charge in [0.15, 0.2) is 0 Å². The lowest BCUT2D eigenvalue weighted by atomic mass is 9.92. The number of ether oxygens (including phenoxy) is 1. The standard InChI is InChI=1S/C33H33FN6O5/c1-32(2,3)45-31(42)37-33(4,19-21-10-7-6-8-11-21)30-39-38-28(44-30)23-16-22(27-36-14-15-43-27)17-24(18-23)29(41)40(5)20-26-25(34)12-9-13-35-26/h6-18H,19-20H2,1-5H3,(H,37,42). The third-order valence-electron chi connectivity index (χ3n) is 6.75. The summed E-state index contributed by atoms with van der Waals surface area (Å²) in [7, 11) is 1.55. The Morgan fingerprint density at radius 1 is 0.933 bits per heavy atom. The largest absolute Gasteiger partial charge is 0.445 e. The minimum Gasteiger partial charge on any atom is -0.445 e.